The summed E-state index contributed by atoms with van der Waals surface area (Å²) in [6.45, 7) is 3.34. The van der Waals surface area contributed by atoms with Crippen LogP contribution in [0, 0.1) is 5.82 Å². The normalized spacial score (nSPS) is 20.5. The third kappa shape index (κ3) is 4.31. The molecule has 0 aliphatic carbocycles. The Labute approximate surface area is 160 Å². The number of cyclic esters (lactones) is 1. The van der Waals surface area contributed by atoms with E-state index in [9.17, 15) is 14.0 Å². The van der Waals surface area contributed by atoms with Gasteiger partial charge in [-0.05, 0) is 18.2 Å². The number of nitrogens with one attached hydrogen (secondary N) is 2. The minimum absolute atomic E-state index is 0.0817. The van der Waals surface area contributed by atoms with Crippen molar-refractivity contribution in [3.63, 3.8) is 0 Å². The van der Waals surface area contributed by atoms with Gasteiger partial charge in [0.1, 0.15) is 11.9 Å². The number of anilines is 2. The molecule has 1 aromatic rings. The van der Waals surface area contributed by atoms with Gasteiger partial charge in [0.15, 0.2) is 4.84 Å². The monoisotopic (exact) mass is 404 g/mol. The number of ether oxygens (including phenoxy) is 1. The number of hydrogen-bond donors (Lipinski definition) is 2. The molecule has 0 aromatic heterocycles. The van der Waals surface area contributed by atoms with E-state index in [0.29, 0.717) is 11.4 Å². The summed E-state index contributed by atoms with van der Waals surface area (Å²) in [5.41, 5.74) is 0.926. The Hall–Kier alpha value is -1.77. The number of amides is 2. The molecule has 10 heteroatoms. The van der Waals surface area contributed by atoms with Crippen LogP contribution < -0.4 is 20.4 Å². The second-order valence-electron chi connectivity index (χ2n) is 6.03. The predicted molar refractivity (Wildman–Crippen MR) is 97.6 cm³/mol. The van der Waals surface area contributed by atoms with Crippen LogP contribution in [0.3, 0.4) is 0 Å². The van der Waals surface area contributed by atoms with Crippen LogP contribution in [0.5, 0.6) is 0 Å². The number of benzene rings is 1. The smallest absolute Gasteiger partial charge is 0.414 e. The lowest BCUT2D eigenvalue weighted by atomic mass is 10.2. The van der Waals surface area contributed by atoms with Gasteiger partial charge in [-0.2, -0.15) is 0 Å². The van der Waals surface area contributed by atoms with Crippen molar-refractivity contribution < 1.29 is 18.7 Å². The van der Waals surface area contributed by atoms with Crippen molar-refractivity contribution in [3.8, 4) is 0 Å². The highest BCUT2D eigenvalue weighted by Crippen LogP contribution is 2.28. The van der Waals surface area contributed by atoms with Crippen LogP contribution in [0.1, 0.15) is 0 Å². The quantitative estimate of drug-likeness (QED) is 0.727. The number of rotatable bonds is 5. The lowest BCUT2D eigenvalue weighted by molar-refractivity contribution is -0.119. The molecule has 0 spiro atoms. The molecule has 2 aliphatic rings. The van der Waals surface area contributed by atoms with E-state index in [1.54, 1.807) is 12.1 Å². The Morgan fingerprint density at radius 3 is 2.77 bits per heavy atom. The molecule has 2 saturated heterocycles. The van der Waals surface area contributed by atoms with E-state index in [4.69, 9.17) is 27.9 Å². The molecule has 2 amide bonds. The summed E-state index contributed by atoms with van der Waals surface area (Å²) >= 11 is 10.9. The number of carbonyl (C=O) groups is 2. The Morgan fingerprint density at radius 2 is 2.12 bits per heavy atom. The summed E-state index contributed by atoms with van der Waals surface area (Å²) in [6.07, 6.45) is -1.15. The van der Waals surface area contributed by atoms with Gasteiger partial charge in [0.25, 0.3) is 5.91 Å². The molecule has 1 unspecified atom stereocenters. The van der Waals surface area contributed by atoms with E-state index >= 15 is 0 Å². The fourth-order valence-corrected chi connectivity index (χ4v) is 3.11. The van der Waals surface area contributed by atoms with Gasteiger partial charge >= 0.3 is 6.09 Å². The summed E-state index contributed by atoms with van der Waals surface area (Å²) in [7, 11) is 0. The number of hydrogen-bond acceptors (Lipinski definition) is 5. The molecule has 142 valence electrons. The van der Waals surface area contributed by atoms with Crippen LogP contribution >= 0.6 is 23.2 Å². The average molecular weight is 405 g/mol. The third-order valence-corrected chi connectivity index (χ3v) is 4.67. The zero-order chi connectivity index (χ0) is 18.7. The first-order chi connectivity index (χ1) is 12.5. The largest absolute Gasteiger partial charge is 0.442 e. The van der Waals surface area contributed by atoms with Crippen molar-refractivity contribution in [2.75, 3.05) is 49.1 Å². The van der Waals surface area contributed by atoms with Crippen molar-refractivity contribution in [2.24, 2.45) is 0 Å². The number of piperazine rings is 1. The second-order valence-corrected chi connectivity index (χ2v) is 7.13. The molecular weight excluding hydrogens is 386 g/mol. The average Bonchev–Trinajstić information content (AvgIpc) is 3.01. The van der Waals surface area contributed by atoms with Crippen LogP contribution in [0.15, 0.2) is 18.2 Å². The topological polar surface area (TPSA) is 73.9 Å². The maximum atomic E-state index is 14.5. The van der Waals surface area contributed by atoms with E-state index in [1.165, 1.54) is 11.0 Å². The summed E-state index contributed by atoms with van der Waals surface area (Å²) in [5.74, 6) is -0.949. The number of halogens is 3. The van der Waals surface area contributed by atoms with Gasteiger partial charge in [0, 0.05) is 26.2 Å². The first kappa shape index (κ1) is 19.0. The molecule has 1 atom stereocenters. The predicted octanol–water partition coefficient (Wildman–Crippen LogP) is 1.48. The van der Waals surface area contributed by atoms with E-state index in [2.05, 4.69) is 10.6 Å². The molecule has 3 rings (SSSR count). The van der Waals surface area contributed by atoms with E-state index in [-0.39, 0.29) is 18.9 Å². The van der Waals surface area contributed by atoms with E-state index in [0.717, 1.165) is 26.2 Å². The molecule has 2 heterocycles. The fourth-order valence-electron chi connectivity index (χ4n) is 2.96. The van der Waals surface area contributed by atoms with Gasteiger partial charge in [-0.25, -0.2) is 9.18 Å². The molecule has 1 aromatic carbocycles. The number of alkyl halides is 2. The first-order valence-corrected chi connectivity index (χ1v) is 9.12. The molecule has 0 radical (unpaired) electrons. The molecule has 2 N–H and O–H groups in total. The fraction of sp³-hybridized carbons (Fsp3) is 0.500. The van der Waals surface area contributed by atoms with Crippen LogP contribution in [0.25, 0.3) is 0 Å². The van der Waals surface area contributed by atoms with Crippen molar-refractivity contribution >= 4 is 46.6 Å². The van der Waals surface area contributed by atoms with Gasteiger partial charge in [0.05, 0.1) is 24.5 Å². The summed E-state index contributed by atoms with van der Waals surface area (Å²) < 4.78 is 19.7. The van der Waals surface area contributed by atoms with Crippen molar-refractivity contribution in [3.05, 3.63) is 24.0 Å². The Kier molecular flexibility index (Phi) is 6.05. The third-order valence-electron chi connectivity index (χ3n) is 4.28. The minimum Gasteiger partial charge on any atom is -0.442 e. The summed E-state index contributed by atoms with van der Waals surface area (Å²) in [5, 5.41) is 5.70. The Morgan fingerprint density at radius 1 is 1.38 bits per heavy atom. The molecule has 0 bridgehead atoms. The lowest BCUT2D eigenvalue weighted by Crippen LogP contribution is -2.43. The zero-order valence-corrected chi connectivity index (χ0v) is 15.4. The molecule has 2 fully saturated rings. The summed E-state index contributed by atoms with van der Waals surface area (Å²) in [6, 6.07) is 4.69. The van der Waals surface area contributed by atoms with Gasteiger partial charge in [-0.1, -0.05) is 23.2 Å². The maximum absolute atomic E-state index is 14.5. The minimum atomic E-state index is -1.19. The maximum Gasteiger partial charge on any atom is 0.414 e. The van der Waals surface area contributed by atoms with Crippen molar-refractivity contribution in [2.45, 2.75) is 10.9 Å². The first-order valence-electron chi connectivity index (χ1n) is 8.25. The molecule has 26 heavy (non-hydrogen) atoms. The SMILES string of the molecule is O=C(NCC1CN(c2ccc(N3CCNCC3)c(F)c2)C(=O)O1)C(Cl)Cl. The standard InChI is InChI=1S/C16H19Cl2FN4O3/c17-14(18)15(24)21-8-11-9-23(16(25)26-11)10-1-2-13(12(19)7-10)22-5-3-20-4-6-22/h1-2,7,11,14,20H,3-6,8-9H2,(H,21,24). The Bertz CT molecular complexity index is 685. The van der Waals surface area contributed by atoms with Crippen molar-refractivity contribution in [1.29, 1.82) is 0 Å². The molecule has 7 nitrogen and oxygen atoms in total. The van der Waals surface area contributed by atoms with Gasteiger partial charge in [-0.3, -0.25) is 9.69 Å². The van der Waals surface area contributed by atoms with E-state index in [1.807, 2.05) is 4.90 Å². The van der Waals surface area contributed by atoms with Crippen LogP contribution in [-0.4, -0.2) is 62.2 Å². The molecule has 0 saturated carbocycles. The second kappa shape index (κ2) is 8.28. The van der Waals surface area contributed by atoms with Crippen LogP contribution in [0.4, 0.5) is 20.6 Å². The molecule has 2 aliphatic heterocycles. The molecular formula is C16H19Cl2FN4O3. The number of nitrogens with zero attached hydrogens (tertiary/aromatic N) is 2. The Balaban J connectivity index is 1.64. The van der Waals surface area contributed by atoms with Crippen molar-refractivity contribution in [1.82, 2.24) is 10.6 Å². The van der Waals surface area contributed by atoms with E-state index < -0.39 is 22.9 Å². The lowest BCUT2D eigenvalue weighted by Gasteiger charge is -2.30. The highest BCUT2D eigenvalue weighted by atomic mass is 35.5. The van der Waals surface area contributed by atoms with Gasteiger partial charge in [0.2, 0.25) is 0 Å². The van der Waals surface area contributed by atoms with Crippen LogP contribution in [0.2, 0.25) is 0 Å². The van der Waals surface area contributed by atoms with Gasteiger partial charge in [-0.15, -0.1) is 0 Å². The zero-order valence-electron chi connectivity index (χ0n) is 13.9. The van der Waals surface area contributed by atoms with Crippen LogP contribution in [-0.2, 0) is 9.53 Å². The highest BCUT2D eigenvalue weighted by molar-refractivity contribution is 6.53. The summed E-state index contributed by atoms with van der Waals surface area (Å²) in [4.78, 5) is 25.5. The van der Waals surface area contributed by atoms with Gasteiger partial charge < -0.3 is 20.3 Å². The highest BCUT2D eigenvalue weighted by Gasteiger charge is 2.33. The number of carbonyl (C=O) groups excluding carboxylic acids is 2.